The van der Waals surface area contributed by atoms with Crippen LogP contribution in [0.1, 0.15) is 56.9 Å². The molecule has 0 amide bonds. The van der Waals surface area contributed by atoms with Gasteiger partial charge in [0.1, 0.15) is 0 Å². The van der Waals surface area contributed by atoms with Crippen molar-refractivity contribution >= 4 is 27.3 Å². The summed E-state index contributed by atoms with van der Waals surface area (Å²) >= 11 is 5.34. The first kappa shape index (κ1) is 16.0. The van der Waals surface area contributed by atoms with Crippen molar-refractivity contribution in [2.45, 2.75) is 63.5 Å². The smallest absolute Gasteiger partial charge is 0.0701 e. The largest absolute Gasteiger partial charge is 0.311 e. The highest BCUT2D eigenvalue weighted by Gasteiger charge is 2.37. The molecule has 0 radical (unpaired) electrons. The summed E-state index contributed by atoms with van der Waals surface area (Å²) in [4.78, 5) is 2.83. The third-order valence-corrected chi connectivity index (χ3v) is 6.77. The van der Waals surface area contributed by atoms with Crippen molar-refractivity contribution in [3.05, 3.63) is 20.8 Å². The summed E-state index contributed by atoms with van der Waals surface area (Å²) in [6, 6.07) is 2.24. The third-order valence-electron chi connectivity index (χ3n) is 5.22. The van der Waals surface area contributed by atoms with Gasteiger partial charge in [-0.2, -0.15) is 0 Å². The second-order valence-electron chi connectivity index (χ2n) is 6.70. The Morgan fingerprint density at radius 1 is 1.10 bits per heavy atom. The Balaban J connectivity index is 1.59. The molecule has 21 heavy (non-hydrogen) atoms. The molecular formula is C17H27BrN2S. The van der Waals surface area contributed by atoms with Gasteiger partial charge < -0.3 is 5.32 Å². The SMILES string of the molecule is Brc1cc(CNCC2(N3CCCCC3)CCCCC2)cs1. The van der Waals surface area contributed by atoms with Crippen LogP contribution in [0.4, 0.5) is 0 Å². The predicted octanol–water partition coefficient (Wildman–Crippen LogP) is 4.79. The molecule has 118 valence electrons. The van der Waals surface area contributed by atoms with E-state index in [2.05, 4.69) is 37.6 Å². The van der Waals surface area contributed by atoms with Crippen LogP contribution in [-0.4, -0.2) is 30.1 Å². The summed E-state index contributed by atoms with van der Waals surface area (Å²) in [5.74, 6) is 0. The molecule has 0 spiro atoms. The molecular weight excluding hydrogens is 344 g/mol. The van der Waals surface area contributed by atoms with Crippen molar-refractivity contribution in [2.75, 3.05) is 19.6 Å². The molecule has 2 heterocycles. The lowest BCUT2D eigenvalue weighted by Gasteiger charge is -2.48. The molecule has 3 rings (SSSR count). The van der Waals surface area contributed by atoms with Crippen LogP contribution in [-0.2, 0) is 6.54 Å². The Morgan fingerprint density at radius 2 is 1.81 bits per heavy atom. The van der Waals surface area contributed by atoms with E-state index in [9.17, 15) is 0 Å². The number of likely N-dealkylation sites (tertiary alicyclic amines) is 1. The zero-order chi connectivity index (χ0) is 14.5. The van der Waals surface area contributed by atoms with Gasteiger partial charge in [0, 0.05) is 18.6 Å². The lowest BCUT2D eigenvalue weighted by molar-refractivity contribution is 0.0333. The summed E-state index contributed by atoms with van der Waals surface area (Å²) in [6.45, 7) is 4.83. The molecule has 0 atom stereocenters. The molecule has 1 saturated heterocycles. The zero-order valence-electron chi connectivity index (χ0n) is 12.9. The maximum Gasteiger partial charge on any atom is 0.0701 e. The third kappa shape index (κ3) is 4.10. The fourth-order valence-electron chi connectivity index (χ4n) is 4.06. The van der Waals surface area contributed by atoms with E-state index in [0.717, 1.165) is 6.54 Å². The first-order valence-electron chi connectivity index (χ1n) is 8.47. The van der Waals surface area contributed by atoms with Crippen molar-refractivity contribution in [2.24, 2.45) is 0 Å². The average molecular weight is 371 g/mol. The Morgan fingerprint density at radius 3 is 2.48 bits per heavy atom. The Bertz CT molecular complexity index is 434. The van der Waals surface area contributed by atoms with Gasteiger partial charge in [-0.05, 0) is 71.7 Å². The molecule has 0 aromatic carbocycles. The summed E-state index contributed by atoms with van der Waals surface area (Å²) in [7, 11) is 0. The van der Waals surface area contributed by atoms with Crippen LogP contribution in [0, 0.1) is 0 Å². The monoisotopic (exact) mass is 370 g/mol. The molecule has 2 aliphatic rings. The molecule has 1 aromatic rings. The molecule has 2 fully saturated rings. The van der Waals surface area contributed by atoms with Gasteiger partial charge in [0.25, 0.3) is 0 Å². The lowest BCUT2D eigenvalue weighted by atomic mass is 9.79. The Labute approximate surface area is 141 Å². The van der Waals surface area contributed by atoms with E-state index in [1.165, 1.54) is 80.4 Å². The van der Waals surface area contributed by atoms with Crippen molar-refractivity contribution in [1.29, 1.82) is 0 Å². The number of halogens is 1. The number of nitrogens with one attached hydrogen (secondary N) is 1. The van der Waals surface area contributed by atoms with Crippen molar-refractivity contribution in [1.82, 2.24) is 10.2 Å². The maximum absolute atomic E-state index is 3.77. The van der Waals surface area contributed by atoms with Gasteiger partial charge >= 0.3 is 0 Å². The van der Waals surface area contributed by atoms with Crippen LogP contribution >= 0.6 is 27.3 Å². The topological polar surface area (TPSA) is 15.3 Å². The minimum Gasteiger partial charge on any atom is -0.311 e. The summed E-state index contributed by atoms with van der Waals surface area (Å²) in [5, 5.41) is 6.02. The number of rotatable bonds is 5. The quantitative estimate of drug-likeness (QED) is 0.801. The molecule has 4 heteroatoms. The Kier molecular flexibility index (Phi) is 5.77. The Hall–Kier alpha value is 0.1000. The van der Waals surface area contributed by atoms with Crippen LogP contribution < -0.4 is 5.32 Å². The molecule has 0 unspecified atom stereocenters. The minimum atomic E-state index is 0.450. The number of piperidine rings is 1. The van der Waals surface area contributed by atoms with Gasteiger partial charge in [-0.3, -0.25) is 4.90 Å². The van der Waals surface area contributed by atoms with Crippen LogP contribution in [0.15, 0.2) is 15.2 Å². The van der Waals surface area contributed by atoms with E-state index in [-0.39, 0.29) is 0 Å². The number of hydrogen-bond acceptors (Lipinski definition) is 3. The summed E-state index contributed by atoms with van der Waals surface area (Å²) in [6.07, 6.45) is 11.3. The van der Waals surface area contributed by atoms with Crippen molar-refractivity contribution < 1.29 is 0 Å². The van der Waals surface area contributed by atoms with Gasteiger partial charge in [0.2, 0.25) is 0 Å². The molecule has 0 bridgehead atoms. The summed E-state index contributed by atoms with van der Waals surface area (Å²) < 4.78 is 1.24. The van der Waals surface area contributed by atoms with Crippen molar-refractivity contribution in [3.63, 3.8) is 0 Å². The van der Waals surface area contributed by atoms with Crippen molar-refractivity contribution in [3.8, 4) is 0 Å². The van der Waals surface area contributed by atoms with E-state index in [1.54, 1.807) is 11.3 Å². The van der Waals surface area contributed by atoms with Gasteiger partial charge in [-0.1, -0.05) is 25.7 Å². The number of hydrogen-bond donors (Lipinski definition) is 1. The van der Waals surface area contributed by atoms with E-state index >= 15 is 0 Å². The second kappa shape index (κ2) is 7.58. The summed E-state index contributed by atoms with van der Waals surface area (Å²) in [5.41, 5.74) is 1.86. The average Bonchev–Trinajstić information content (AvgIpc) is 2.95. The highest BCUT2D eigenvalue weighted by atomic mass is 79.9. The van der Waals surface area contributed by atoms with Gasteiger partial charge in [-0.25, -0.2) is 0 Å². The lowest BCUT2D eigenvalue weighted by Crippen LogP contribution is -2.57. The molecule has 1 saturated carbocycles. The van der Waals surface area contributed by atoms with Crippen LogP contribution in [0.3, 0.4) is 0 Å². The van der Waals surface area contributed by atoms with Gasteiger partial charge in [-0.15, -0.1) is 11.3 Å². The zero-order valence-corrected chi connectivity index (χ0v) is 15.3. The minimum absolute atomic E-state index is 0.450. The molecule has 1 aromatic heterocycles. The fourth-order valence-corrected chi connectivity index (χ4v) is 5.27. The maximum atomic E-state index is 3.77. The van der Waals surface area contributed by atoms with E-state index in [4.69, 9.17) is 0 Å². The van der Waals surface area contributed by atoms with Gasteiger partial charge in [0.05, 0.1) is 3.79 Å². The highest BCUT2D eigenvalue weighted by Crippen LogP contribution is 2.35. The second-order valence-corrected chi connectivity index (χ2v) is 8.99. The number of thiophene rings is 1. The molecule has 2 nitrogen and oxygen atoms in total. The van der Waals surface area contributed by atoms with Crippen LogP contribution in [0.25, 0.3) is 0 Å². The molecule has 1 aliphatic carbocycles. The standard InChI is InChI=1S/C17H27BrN2S/c18-16-11-15(13-21-16)12-19-14-17(7-3-1-4-8-17)20-9-5-2-6-10-20/h11,13,19H,1-10,12,14H2. The van der Waals surface area contributed by atoms with E-state index < -0.39 is 0 Å². The van der Waals surface area contributed by atoms with Crippen LogP contribution in [0.5, 0.6) is 0 Å². The first-order valence-corrected chi connectivity index (χ1v) is 10.1. The fraction of sp³-hybridized carbons (Fsp3) is 0.765. The molecule has 1 aliphatic heterocycles. The first-order chi connectivity index (χ1) is 10.3. The van der Waals surface area contributed by atoms with Crippen LogP contribution in [0.2, 0.25) is 0 Å². The van der Waals surface area contributed by atoms with E-state index in [1.807, 2.05) is 0 Å². The van der Waals surface area contributed by atoms with E-state index in [0.29, 0.717) is 5.54 Å². The van der Waals surface area contributed by atoms with Gasteiger partial charge in [0.15, 0.2) is 0 Å². The molecule has 1 N–H and O–H groups in total. The highest BCUT2D eigenvalue weighted by molar-refractivity contribution is 9.11. The predicted molar refractivity (Wildman–Crippen MR) is 95.0 cm³/mol. The normalized spacial score (nSPS) is 23.3. The number of nitrogens with zero attached hydrogens (tertiary/aromatic N) is 1.